The van der Waals surface area contributed by atoms with Gasteiger partial charge in [-0.3, -0.25) is 0 Å². The molecule has 1 saturated heterocycles. The predicted molar refractivity (Wildman–Crippen MR) is 93.1 cm³/mol. The van der Waals surface area contributed by atoms with Gasteiger partial charge in [0.1, 0.15) is 0 Å². The zero-order valence-electron chi connectivity index (χ0n) is 13.5. The fourth-order valence-electron chi connectivity index (χ4n) is 2.90. The molecule has 0 aromatic heterocycles. The average Bonchev–Trinajstić information content (AvgIpc) is 2.62. The Balaban J connectivity index is 1.89. The third kappa shape index (κ3) is 3.89. The molecule has 3 nitrogen and oxygen atoms in total. The Labute approximate surface area is 144 Å². The maximum atomic E-state index is 6.17. The van der Waals surface area contributed by atoms with Crippen LogP contribution < -0.4 is 13.9 Å². The van der Waals surface area contributed by atoms with E-state index in [-0.39, 0.29) is 6.10 Å². The van der Waals surface area contributed by atoms with Gasteiger partial charge in [0.05, 0.1) is 0 Å². The van der Waals surface area contributed by atoms with E-state index in [1.807, 2.05) is 12.1 Å². The summed E-state index contributed by atoms with van der Waals surface area (Å²) in [5.41, 5.74) is 1.11. The molecule has 0 saturated carbocycles. The molecule has 0 spiro atoms. The molecule has 23 heavy (non-hydrogen) atoms. The van der Waals surface area contributed by atoms with Gasteiger partial charge in [0.2, 0.25) is 0 Å². The van der Waals surface area contributed by atoms with Crippen LogP contribution in [-0.4, -0.2) is 35.8 Å². The number of hydrogen-bond donors (Lipinski definition) is 0. The van der Waals surface area contributed by atoms with Gasteiger partial charge in [-0.15, -0.1) is 0 Å². The van der Waals surface area contributed by atoms with Crippen molar-refractivity contribution in [2.75, 3.05) is 20.8 Å². The molecule has 122 valence electrons. The summed E-state index contributed by atoms with van der Waals surface area (Å²) in [5, 5.41) is 0. The summed E-state index contributed by atoms with van der Waals surface area (Å²) < 4.78 is 18.6. The SMILES string of the molecule is COc1ccc(OC)c([C@H]2OCCC[C@@H]2[Se]c2ccccc2)c1. The maximum absolute atomic E-state index is 6.17. The standard InChI is InChI=1S/C19H22O3Se/c1-20-14-10-11-17(21-2)16(13-14)19-18(9-6-12-22-19)23-15-7-4-3-5-8-15/h3-5,7-8,10-11,13,18-19H,6,9,12H2,1-2H3/t18-,19+/m0/s1. The van der Waals surface area contributed by atoms with Crippen LogP contribution in [0.3, 0.4) is 0 Å². The molecule has 2 aromatic rings. The Kier molecular flexibility index (Phi) is 5.60. The van der Waals surface area contributed by atoms with E-state index in [2.05, 4.69) is 36.4 Å². The Morgan fingerprint density at radius 3 is 2.61 bits per heavy atom. The molecular formula is C19H22O3Se. The molecule has 1 aliphatic rings. The third-order valence-electron chi connectivity index (χ3n) is 4.04. The van der Waals surface area contributed by atoms with Crippen LogP contribution in [0.5, 0.6) is 11.5 Å². The van der Waals surface area contributed by atoms with Crippen LogP contribution in [0, 0.1) is 0 Å². The summed E-state index contributed by atoms with van der Waals surface area (Å²) >= 11 is 0.375. The first-order valence-corrected chi connectivity index (χ1v) is 9.71. The topological polar surface area (TPSA) is 27.7 Å². The van der Waals surface area contributed by atoms with Gasteiger partial charge >= 0.3 is 144 Å². The van der Waals surface area contributed by atoms with Crippen molar-refractivity contribution in [2.24, 2.45) is 0 Å². The van der Waals surface area contributed by atoms with Crippen LogP contribution in [0.2, 0.25) is 4.82 Å². The molecule has 4 heteroatoms. The molecular weight excluding hydrogens is 355 g/mol. The van der Waals surface area contributed by atoms with Gasteiger partial charge in [-0.25, -0.2) is 0 Å². The van der Waals surface area contributed by atoms with Crippen LogP contribution in [-0.2, 0) is 4.74 Å². The molecule has 0 amide bonds. The monoisotopic (exact) mass is 378 g/mol. The zero-order valence-corrected chi connectivity index (χ0v) is 15.2. The van der Waals surface area contributed by atoms with Crippen LogP contribution in [0.4, 0.5) is 0 Å². The van der Waals surface area contributed by atoms with Crippen molar-refractivity contribution in [1.82, 2.24) is 0 Å². The van der Waals surface area contributed by atoms with Gasteiger partial charge in [0, 0.05) is 0 Å². The second-order valence-corrected chi connectivity index (χ2v) is 8.26. The van der Waals surface area contributed by atoms with E-state index in [0.717, 1.165) is 30.1 Å². The average molecular weight is 377 g/mol. The number of methoxy groups -OCH3 is 2. The van der Waals surface area contributed by atoms with Crippen molar-refractivity contribution in [3.63, 3.8) is 0 Å². The Morgan fingerprint density at radius 1 is 1.04 bits per heavy atom. The molecule has 0 bridgehead atoms. The molecule has 1 aliphatic heterocycles. The summed E-state index contributed by atoms with van der Waals surface area (Å²) in [6.45, 7) is 0.812. The van der Waals surface area contributed by atoms with E-state index < -0.39 is 0 Å². The molecule has 1 heterocycles. The van der Waals surface area contributed by atoms with E-state index in [4.69, 9.17) is 14.2 Å². The summed E-state index contributed by atoms with van der Waals surface area (Å²) in [7, 11) is 3.41. The number of hydrogen-bond acceptors (Lipinski definition) is 3. The predicted octanol–water partition coefficient (Wildman–Crippen LogP) is 3.37. The molecule has 0 aliphatic carbocycles. The minimum absolute atomic E-state index is 0.0778. The van der Waals surface area contributed by atoms with Crippen molar-refractivity contribution in [1.29, 1.82) is 0 Å². The fraction of sp³-hybridized carbons (Fsp3) is 0.368. The summed E-state index contributed by atoms with van der Waals surface area (Å²) in [5.74, 6) is 1.73. The summed E-state index contributed by atoms with van der Waals surface area (Å²) in [6, 6.07) is 16.7. The van der Waals surface area contributed by atoms with E-state index in [1.54, 1.807) is 14.2 Å². The fourth-order valence-corrected chi connectivity index (χ4v) is 5.62. The van der Waals surface area contributed by atoms with Crippen molar-refractivity contribution in [3.05, 3.63) is 54.1 Å². The molecule has 3 rings (SSSR count). The van der Waals surface area contributed by atoms with Gasteiger partial charge < -0.3 is 0 Å². The quantitative estimate of drug-likeness (QED) is 0.748. The van der Waals surface area contributed by atoms with Crippen LogP contribution in [0.1, 0.15) is 24.5 Å². The van der Waals surface area contributed by atoms with E-state index >= 15 is 0 Å². The van der Waals surface area contributed by atoms with Gasteiger partial charge in [-0.1, -0.05) is 0 Å². The molecule has 2 aromatic carbocycles. The first-order chi connectivity index (χ1) is 11.3. The first kappa shape index (κ1) is 16.4. The Bertz CT molecular complexity index is 630. The second kappa shape index (κ2) is 7.87. The molecule has 0 radical (unpaired) electrons. The minimum atomic E-state index is 0.0778. The van der Waals surface area contributed by atoms with Crippen molar-refractivity contribution >= 4 is 19.4 Å². The van der Waals surface area contributed by atoms with Gasteiger partial charge in [-0.2, -0.15) is 0 Å². The van der Waals surface area contributed by atoms with Gasteiger partial charge in [-0.05, 0) is 0 Å². The number of rotatable bonds is 5. The van der Waals surface area contributed by atoms with Crippen LogP contribution in [0.15, 0.2) is 48.5 Å². The summed E-state index contributed by atoms with van der Waals surface area (Å²) in [4.78, 5) is 0.514. The number of benzene rings is 2. The van der Waals surface area contributed by atoms with Crippen molar-refractivity contribution in [3.8, 4) is 11.5 Å². The Morgan fingerprint density at radius 2 is 1.87 bits per heavy atom. The van der Waals surface area contributed by atoms with E-state index in [1.165, 1.54) is 10.9 Å². The third-order valence-corrected chi connectivity index (χ3v) is 6.83. The van der Waals surface area contributed by atoms with E-state index in [0.29, 0.717) is 19.8 Å². The van der Waals surface area contributed by atoms with E-state index in [9.17, 15) is 0 Å². The van der Waals surface area contributed by atoms with Crippen LogP contribution in [0.25, 0.3) is 0 Å². The normalized spacial score (nSPS) is 21.0. The Hall–Kier alpha value is -1.48. The van der Waals surface area contributed by atoms with Gasteiger partial charge in [0.15, 0.2) is 0 Å². The molecule has 1 fully saturated rings. The first-order valence-electron chi connectivity index (χ1n) is 7.87. The molecule has 2 atom stereocenters. The van der Waals surface area contributed by atoms with Crippen molar-refractivity contribution < 1.29 is 14.2 Å². The van der Waals surface area contributed by atoms with Gasteiger partial charge in [0.25, 0.3) is 0 Å². The number of ether oxygens (including phenoxy) is 3. The molecule has 0 unspecified atom stereocenters. The second-order valence-electron chi connectivity index (χ2n) is 5.51. The van der Waals surface area contributed by atoms with Crippen LogP contribution >= 0.6 is 0 Å². The molecule has 0 N–H and O–H groups in total. The zero-order chi connectivity index (χ0) is 16.1. The van der Waals surface area contributed by atoms with Crippen molar-refractivity contribution in [2.45, 2.75) is 23.8 Å². The summed E-state index contributed by atoms with van der Waals surface area (Å²) in [6.07, 6.45) is 2.40.